The van der Waals surface area contributed by atoms with E-state index in [1.807, 2.05) is 0 Å². The van der Waals surface area contributed by atoms with Crippen LogP contribution in [0.1, 0.15) is 54.4 Å². The number of ether oxygens (including phenoxy) is 1. The van der Waals surface area contributed by atoms with Crippen LogP contribution in [0.15, 0.2) is 0 Å². The van der Waals surface area contributed by atoms with E-state index >= 15 is 0 Å². The Morgan fingerprint density at radius 1 is 1.14 bits per heavy atom. The Bertz CT molecular complexity index is 140. The molecule has 14 heavy (non-hydrogen) atoms. The minimum absolute atomic E-state index is 0.186. The molecule has 0 heterocycles. The van der Waals surface area contributed by atoms with Gasteiger partial charge in [-0.25, -0.2) is 0 Å². The maximum Gasteiger partial charge on any atom is 0.0675 e. The minimum atomic E-state index is 0.186. The molecule has 0 saturated heterocycles. The van der Waals surface area contributed by atoms with Crippen molar-refractivity contribution in [2.45, 2.75) is 72.1 Å². The van der Waals surface area contributed by atoms with Gasteiger partial charge in [0, 0.05) is 12.1 Å². The van der Waals surface area contributed by atoms with E-state index in [1.165, 1.54) is 6.42 Å². The van der Waals surface area contributed by atoms with Crippen LogP contribution in [-0.2, 0) is 4.74 Å². The van der Waals surface area contributed by atoms with Gasteiger partial charge in [0.1, 0.15) is 0 Å². The van der Waals surface area contributed by atoms with E-state index in [1.54, 1.807) is 0 Å². The second kappa shape index (κ2) is 6.41. The highest BCUT2D eigenvalue weighted by atomic mass is 16.5. The molecule has 2 nitrogen and oxygen atoms in total. The average Bonchev–Trinajstić information content (AvgIpc) is 2.00. The van der Waals surface area contributed by atoms with Gasteiger partial charge in [-0.3, -0.25) is 0 Å². The number of hydrogen-bond donors (Lipinski definition) is 1. The Hall–Kier alpha value is -0.0800. The van der Waals surface area contributed by atoms with Gasteiger partial charge in [0.05, 0.1) is 12.2 Å². The van der Waals surface area contributed by atoms with Crippen molar-refractivity contribution >= 4 is 0 Å². The lowest BCUT2D eigenvalue weighted by Crippen LogP contribution is -2.41. The third-order valence-corrected chi connectivity index (χ3v) is 2.08. The monoisotopic (exact) mass is 201 g/mol. The van der Waals surface area contributed by atoms with E-state index in [2.05, 4.69) is 46.9 Å². The van der Waals surface area contributed by atoms with Crippen molar-refractivity contribution < 1.29 is 4.74 Å². The molecule has 0 fully saturated rings. The summed E-state index contributed by atoms with van der Waals surface area (Å²) in [5, 5.41) is 3.44. The largest absolute Gasteiger partial charge is 0.374 e. The van der Waals surface area contributed by atoms with Gasteiger partial charge in [-0.1, -0.05) is 13.3 Å². The average molecular weight is 201 g/mol. The van der Waals surface area contributed by atoms with E-state index in [-0.39, 0.29) is 5.54 Å². The maximum absolute atomic E-state index is 5.82. The quantitative estimate of drug-likeness (QED) is 0.713. The number of rotatable bonds is 6. The standard InChI is InChI=1S/C12H27NO/c1-7-8-10(2)14-11(3)9-13-12(4,5)6/h10-11,13H,7-9H2,1-6H3. The fourth-order valence-electron chi connectivity index (χ4n) is 1.37. The molecular formula is C12H27NO. The summed E-state index contributed by atoms with van der Waals surface area (Å²) in [6, 6.07) is 0. The third kappa shape index (κ3) is 8.52. The summed E-state index contributed by atoms with van der Waals surface area (Å²) < 4.78 is 5.82. The predicted molar refractivity (Wildman–Crippen MR) is 62.7 cm³/mol. The molecule has 0 aliphatic carbocycles. The highest BCUT2D eigenvalue weighted by molar-refractivity contribution is 4.72. The minimum Gasteiger partial charge on any atom is -0.374 e. The molecule has 2 atom stereocenters. The molecule has 0 aromatic heterocycles. The fourth-order valence-corrected chi connectivity index (χ4v) is 1.37. The van der Waals surface area contributed by atoms with Crippen LogP contribution >= 0.6 is 0 Å². The Morgan fingerprint density at radius 3 is 2.14 bits per heavy atom. The maximum atomic E-state index is 5.82. The first-order valence-electron chi connectivity index (χ1n) is 5.75. The zero-order chi connectivity index (χ0) is 11.2. The lowest BCUT2D eigenvalue weighted by molar-refractivity contribution is 0.00193. The Morgan fingerprint density at radius 2 is 1.71 bits per heavy atom. The van der Waals surface area contributed by atoms with Gasteiger partial charge in [0.2, 0.25) is 0 Å². The van der Waals surface area contributed by atoms with Gasteiger partial charge in [0.25, 0.3) is 0 Å². The van der Waals surface area contributed by atoms with Crippen LogP contribution in [0.4, 0.5) is 0 Å². The van der Waals surface area contributed by atoms with Crippen LogP contribution in [0.3, 0.4) is 0 Å². The molecule has 0 amide bonds. The van der Waals surface area contributed by atoms with Crippen LogP contribution in [-0.4, -0.2) is 24.3 Å². The molecule has 2 heteroatoms. The van der Waals surface area contributed by atoms with E-state index in [0.717, 1.165) is 13.0 Å². The zero-order valence-corrected chi connectivity index (χ0v) is 10.7. The van der Waals surface area contributed by atoms with Crippen molar-refractivity contribution in [2.75, 3.05) is 6.54 Å². The summed E-state index contributed by atoms with van der Waals surface area (Å²) in [4.78, 5) is 0. The molecule has 0 bridgehead atoms. The van der Waals surface area contributed by atoms with Crippen LogP contribution in [0.25, 0.3) is 0 Å². The van der Waals surface area contributed by atoms with Crippen LogP contribution < -0.4 is 5.32 Å². The SMILES string of the molecule is CCCC(C)OC(C)CNC(C)(C)C. The fraction of sp³-hybridized carbons (Fsp3) is 1.00. The summed E-state index contributed by atoms with van der Waals surface area (Å²) in [5.74, 6) is 0. The van der Waals surface area contributed by atoms with Gasteiger partial charge in [-0.05, 0) is 41.0 Å². The lowest BCUT2D eigenvalue weighted by atomic mass is 10.1. The topological polar surface area (TPSA) is 21.3 Å². The van der Waals surface area contributed by atoms with Crippen molar-refractivity contribution in [1.29, 1.82) is 0 Å². The summed E-state index contributed by atoms with van der Waals surface area (Å²) in [6.45, 7) is 13.9. The van der Waals surface area contributed by atoms with E-state index in [9.17, 15) is 0 Å². The second-order valence-corrected chi connectivity index (χ2v) is 5.18. The van der Waals surface area contributed by atoms with E-state index in [0.29, 0.717) is 12.2 Å². The third-order valence-electron chi connectivity index (χ3n) is 2.08. The highest BCUT2D eigenvalue weighted by Crippen LogP contribution is 2.05. The van der Waals surface area contributed by atoms with Crippen molar-refractivity contribution in [1.82, 2.24) is 5.32 Å². The molecule has 0 spiro atoms. The highest BCUT2D eigenvalue weighted by Gasteiger charge is 2.12. The molecule has 0 aromatic carbocycles. The Labute approximate surface area is 89.4 Å². The first kappa shape index (κ1) is 13.9. The molecule has 0 aliphatic heterocycles. The van der Waals surface area contributed by atoms with Crippen LogP contribution in [0.5, 0.6) is 0 Å². The van der Waals surface area contributed by atoms with Gasteiger partial charge in [0.15, 0.2) is 0 Å². The summed E-state index contributed by atoms with van der Waals surface area (Å²) in [7, 11) is 0. The molecule has 1 N–H and O–H groups in total. The molecule has 2 unspecified atom stereocenters. The molecule has 0 aromatic rings. The van der Waals surface area contributed by atoms with Gasteiger partial charge < -0.3 is 10.1 Å². The van der Waals surface area contributed by atoms with Crippen molar-refractivity contribution in [2.24, 2.45) is 0 Å². The van der Waals surface area contributed by atoms with Gasteiger partial charge in [-0.15, -0.1) is 0 Å². The molecule has 0 radical (unpaired) electrons. The Kier molecular flexibility index (Phi) is 6.38. The number of nitrogens with one attached hydrogen (secondary N) is 1. The summed E-state index contributed by atoms with van der Waals surface area (Å²) in [5.41, 5.74) is 0.186. The molecule has 0 saturated carbocycles. The van der Waals surface area contributed by atoms with Crippen molar-refractivity contribution in [3.8, 4) is 0 Å². The molecule has 0 rings (SSSR count). The van der Waals surface area contributed by atoms with Gasteiger partial charge >= 0.3 is 0 Å². The molecule has 0 aliphatic rings. The van der Waals surface area contributed by atoms with Crippen LogP contribution in [0, 0.1) is 0 Å². The number of hydrogen-bond acceptors (Lipinski definition) is 2. The van der Waals surface area contributed by atoms with Crippen molar-refractivity contribution in [3.05, 3.63) is 0 Å². The lowest BCUT2D eigenvalue weighted by Gasteiger charge is -2.25. The molecule has 86 valence electrons. The van der Waals surface area contributed by atoms with E-state index < -0.39 is 0 Å². The first-order valence-corrected chi connectivity index (χ1v) is 5.75. The normalized spacial score (nSPS) is 16.7. The smallest absolute Gasteiger partial charge is 0.0675 e. The van der Waals surface area contributed by atoms with E-state index in [4.69, 9.17) is 4.74 Å². The second-order valence-electron chi connectivity index (χ2n) is 5.18. The zero-order valence-electron chi connectivity index (χ0n) is 10.7. The van der Waals surface area contributed by atoms with Crippen LogP contribution in [0.2, 0.25) is 0 Å². The summed E-state index contributed by atoms with van der Waals surface area (Å²) >= 11 is 0. The van der Waals surface area contributed by atoms with Crippen molar-refractivity contribution in [3.63, 3.8) is 0 Å². The van der Waals surface area contributed by atoms with Gasteiger partial charge in [-0.2, -0.15) is 0 Å². The molecular weight excluding hydrogens is 174 g/mol. The summed E-state index contributed by atoms with van der Waals surface area (Å²) in [6.07, 6.45) is 3.04. The first-order chi connectivity index (χ1) is 6.35. The predicted octanol–water partition coefficient (Wildman–Crippen LogP) is 2.97. The Balaban J connectivity index is 3.59.